The van der Waals surface area contributed by atoms with Crippen LogP contribution in [0, 0.1) is 0 Å². The van der Waals surface area contributed by atoms with Crippen molar-refractivity contribution in [2.45, 2.75) is 31.6 Å². The van der Waals surface area contributed by atoms with Gasteiger partial charge in [0, 0.05) is 24.6 Å². The highest BCUT2D eigenvalue weighted by molar-refractivity contribution is 6.40. The van der Waals surface area contributed by atoms with Crippen molar-refractivity contribution in [3.63, 3.8) is 0 Å². The molecule has 1 saturated carbocycles. The number of likely N-dealkylation sites (N-methyl/N-ethyl adjacent to an activating group) is 1. The van der Waals surface area contributed by atoms with Crippen molar-refractivity contribution >= 4 is 34.8 Å². The highest BCUT2D eigenvalue weighted by atomic mass is 35.5. The summed E-state index contributed by atoms with van der Waals surface area (Å²) in [6.07, 6.45) is 0.815. The summed E-state index contributed by atoms with van der Waals surface area (Å²) in [4.78, 5) is 0. The molecule has 2 rings (SSSR count). The van der Waals surface area contributed by atoms with Crippen LogP contribution in [0.3, 0.4) is 0 Å². The zero-order chi connectivity index (χ0) is 14.0. The number of hydrogen-bond donors (Lipinski definition) is 1. The summed E-state index contributed by atoms with van der Waals surface area (Å²) >= 11 is 18.1. The highest BCUT2D eigenvalue weighted by Gasteiger charge is 2.43. The Hall–Kier alpha value is -0.190. The van der Waals surface area contributed by atoms with Crippen LogP contribution < -0.4 is 10.1 Å². The molecular weight excluding hydrogens is 309 g/mol. The van der Waals surface area contributed by atoms with Gasteiger partial charge >= 0.3 is 0 Å². The SMILES string of the molecule is CCNC1CC(Oc2c(Cl)cc(Cl)cc2Cl)C1OC. The summed E-state index contributed by atoms with van der Waals surface area (Å²) in [6.45, 7) is 2.97. The van der Waals surface area contributed by atoms with E-state index in [4.69, 9.17) is 44.3 Å². The first-order valence-corrected chi connectivity index (χ1v) is 7.27. The molecule has 1 fully saturated rings. The molecule has 3 nitrogen and oxygen atoms in total. The number of benzene rings is 1. The van der Waals surface area contributed by atoms with E-state index in [9.17, 15) is 0 Å². The molecule has 1 aliphatic rings. The Morgan fingerprint density at radius 1 is 1.26 bits per heavy atom. The molecule has 106 valence electrons. The van der Waals surface area contributed by atoms with Crippen LogP contribution in [0.1, 0.15) is 13.3 Å². The molecule has 0 aromatic heterocycles. The molecule has 19 heavy (non-hydrogen) atoms. The number of ether oxygens (including phenoxy) is 2. The second-order valence-corrected chi connectivity index (χ2v) is 5.71. The molecule has 1 aromatic rings. The van der Waals surface area contributed by atoms with Gasteiger partial charge in [-0.2, -0.15) is 0 Å². The Morgan fingerprint density at radius 2 is 1.89 bits per heavy atom. The third kappa shape index (κ3) is 3.29. The van der Waals surface area contributed by atoms with E-state index < -0.39 is 0 Å². The van der Waals surface area contributed by atoms with Crippen LogP contribution in [0.5, 0.6) is 5.75 Å². The summed E-state index contributed by atoms with van der Waals surface area (Å²) in [7, 11) is 1.68. The molecule has 0 spiro atoms. The second kappa shape index (κ2) is 6.51. The number of hydrogen-bond acceptors (Lipinski definition) is 3. The largest absolute Gasteiger partial charge is 0.484 e. The first-order valence-electron chi connectivity index (χ1n) is 6.14. The van der Waals surface area contributed by atoms with E-state index in [1.54, 1.807) is 19.2 Å². The monoisotopic (exact) mass is 323 g/mol. The van der Waals surface area contributed by atoms with Gasteiger partial charge in [0.1, 0.15) is 12.2 Å². The van der Waals surface area contributed by atoms with E-state index in [0.717, 1.165) is 13.0 Å². The molecule has 3 atom stereocenters. The molecule has 0 aliphatic heterocycles. The average molecular weight is 325 g/mol. The molecule has 6 heteroatoms. The first kappa shape index (κ1) is 15.2. The van der Waals surface area contributed by atoms with Crippen LogP contribution in [0.2, 0.25) is 15.1 Å². The minimum atomic E-state index is -0.0507. The Kier molecular flexibility index (Phi) is 5.21. The number of halogens is 3. The molecule has 3 unspecified atom stereocenters. The quantitative estimate of drug-likeness (QED) is 0.894. The Labute approximate surface area is 128 Å². The lowest BCUT2D eigenvalue weighted by Gasteiger charge is -2.43. The topological polar surface area (TPSA) is 30.5 Å². The van der Waals surface area contributed by atoms with Crippen LogP contribution in [0.15, 0.2) is 12.1 Å². The van der Waals surface area contributed by atoms with Crippen molar-refractivity contribution in [3.8, 4) is 5.75 Å². The van der Waals surface area contributed by atoms with Crippen molar-refractivity contribution in [1.29, 1.82) is 0 Å². The Bertz CT molecular complexity index is 433. The number of rotatable bonds is 5. The molecule has 1 aromatic carbocycles. The van der Waals surface area contributed by atoms with Crippen molar-refractivity contribution < 1.29 is 9.47 Å². The van der Waals surface area contributed by atoms with Gasteiger partial charge < -0.3 is 14.8 Å². The summed E-state index contributed by atoms with van der Waals surface area (Å²) in [5.41, 5.74) is 0. The molecule has 0 bridgehead atoms. The van der Waals surface area contributed by atoms with E-state index >= 15 is 0 Å². The van der Waals surface area contributed by atoms with E-state index in [2.05, 4.69) is 12.2 Å². The summed E-state index contributed by atoms with van der Waals surface area (Å²) in [5.74, 6) is 0.467. The van der Waals surface area contributed by atoms with Gasteiger partial charge in [0.25, 0.3) is 0 Å². The lowest BCUT2D eigenvalue weighted by atomic mass is 9.85. The predicted octanol–water partition coefficient (Wildman–Crippen LogP) is 3.79. The van der Waals surface area contributed by atoms with E-state index in [-0.39, 0.29) is 12.2 Å². The maximum absolute atomic E-state index is 6.10. The number of nitrogens with one attached hydrogen (secondary N) is 1. The van der Waals surface area contributed by atoms with E-state index in [0.29, 0.717) is 26.9 Å². The zero-order valence-electron chi connectivity index (χ0n) is 10.8. The fraction of sp³-hybridized carbons (Fsp3) is 0.538. The van der Waals surface area contributed by atoms with Gasteiger partial charge in [-0.3, -0.25) is 0 Å². The van der Waals surface area contributed by atoms with Gasteiger partial charge in [-0.05, 0) is 18.7 Å². The summed E-state index contributed by atoms with van der Waals surface area (Å²) in [6, 6.07) is 3.55. The van der Waals surface area contributed by atoms with Gasteiger partial charge in [-0.15, -0.1) is 0 Å². The van der Waals surface area contributed by atoms with Gasteiger partial charge in [0.2, 0.25) is 0 Å². The molecule has 0 heterocycles. The molecule has 1 aliphatic carbocycles. The van der Waals surface area contributed by atoms with E-state index in [1.165, 1.54) is 0 Å². The van der Waals surface area contributed by atoms with Crippen LogP contribution in [-0.2, 0) is 4.74 Å². The molecule has 0 amide bonds. The maximum Gasteiger partial charge on any atom is 0.157 e. The Morgan fingerprint density at radius 3 is 2.42 bits per heavy atom. The molecule has 0 radical (unpaired) electrons. The standard InChI is InChI=1S/C13H16Cl3NO2/c1-3-17-10-6-11(13(10)18-2)19-12-8(15)4-7(14)5-9(12)16/h4-5,10-11,13,17H,3,6H2,1-2H3. The second-order valence-electron chi connectivity index (χ2n) is 4.46. The minimum Gasteiger partial charge on any atom is -0.484 e. The van der Waals surface area contributed by atoms with Crippen molar-refractivity contribution in [3.05, 3.63) is 27.2 Å². The van der Waals surface area contributed by atoms with Gasteiger partial charge in [-0.1, -0.05) is 41.7 Å². The lowest BCUT2D eigenvalue weighted by Crippen LogP contribution is -2.60. The average Bonchev–Trinajstić information content (AvgIpc) is 2.31. The fourth-order valence-corrected chi connectivity index (χ4v) is 3.17. The zero-order valence-corrected chi connectivity index (χ0v) is 13.0. The number of methoxy groups -OCH3 is 1. The maximum atomic E-state index is 6.10. The van der Waals surface area contributed by atoms with E-state index in [1.807, 2.05) is 0 Å². The third-order valence-corrected chi connectivity index (χ3v) is 4.00. The van der Waals surface area contributed by atoms with Crippen LogP contribution in [-0.4, -0.2) is 31.9 Å². The molecular formula is C13H16Cl3NO2. The Balaban J connectivity index is 2.07. The minimum absolute atomic E-state index is 0.00256. The van der Waals surface area contributed by atoms with Gasteiger partial charge in [0.15, 0.2) is 5.75 Å². The van der Waals surface area contributed by atoms with Crippen molar-refractivity contribution in [2.24, 2.45) is 0 Å². The summed E-state index contributed by atoms with van der Waals surface area (Å²) in [5, 5.41) is 4.67. The predicted molar refractivity (Wildman–Crippen MR) is 78.8 cm³/mol. The fourth-order valence-electron chi connectivity index (χ4n) is 2.27. The van der Waals surface area contributed by atoms with Gasteiger partial charge in [0.05, 0.1) is 10.0 Å². The normalized spacial score (nSPS) is 26.1. The van der Waals surface area contributed by atoms with Crippen LogP contribution >= 0.6 is 34.8 Å². The molecule has 0 saturated heterocycles. The lowest BCUT2D eigenvalue weighted by molar-refractivity contribution is -0.0883. The first-order chi connectivity index (χ1) is 9.06. The van der Waals surface area contributed by atoms with Crippen molar-refractivity contribution in [1.82, 2.24) is 5.32 Å². The molecule has 1 N–H and O–H groups in total. The van der Waals surface area contributed by atoms with Crippen molar-refractivity contribution in [2.75, 3.05) is 13.7 Å². The van der Waals surface area contributed by atoms with Crippen LogP contribution in [0.25, 0.3) is 0 Å². The highest BCUT2D eigenvalue weighted by Crippen LogP contribution is 2.39. The third-order valence-electron chi connectivity index (χ3n) is 3.22. The summed E-state index contributed by atoms with van der Waals surface area (Å²) < 4.78 is 11.3. The smallest absolute Gasteiger partial charge is 0.157 e. The van der Waals surface area contributed by atoms with Crippen LogP contribution in [0.4, 0.5) is 0 Å². The van der Waals surface area contributed by atoms with Gasteiger partial charge in [-0.25, -0.2) is 0 Å².